The molecule has 0 spiro atoms. The first-order valence-corrected chi connectivity index (χ1v) is 8.72. The van der Waals surface area contributed by atoms with Crippen molar-refractivity contribution in [2.45, 2.75) is 6.54 Å². The minimum atomic E-state index is 0.556. The molecule has 1 aliphatic heterocycles. The Labute approximate surface area is 152 Å². The maximum Gasteiger partial charge on any atom is 0.171 e. The quantitative estimate of drug-likeness (QED) is 0.813. The molecule has 4 nitrogen and oxygen atoms in total. The molecule has 0 aliphatic carbocycles. The Hall–Kier alpha value is -1.82. The van der Waals surface area contributed by atoms with Gasteiger partial charge in [0.1, 0.15) is 0 Å². The fourth-order valence-corrected chi connectivity index (χ4v) is 2.92. The third kappa shape index (κ3) is 4.60. The second-order valence-electron chi connectivity index (χ2n) is 5.55. The van der Waals surface area contributed by atoms with Crippen molar-refractivity contribution in [2.75, 3.05) is 36.5 Å². The van der Waals surface area contributed by atoms with E-state index < -0.39 is 0 Å². The Morgan fingerprint density at radius 3 is 2.50 bits per heavy atom. The van der Waals surface area contributed by atoms with E-state index in [1.165, 1.54) is 11.3 Å². The van der Waals surface area contributed by atoms with Crippen molar-refractivity contribution in [2.24, 2.45) is 0 Å². The second kappa shape index (κ2) is 8.33. The summed E-state index contributed by atoms with van der Waals surface area (Å²) in [5.74, 6) is 0. The highest BCUT2D eigenvalue weighted by atomic mass is 35.5. The standard InChI is InChI=1S/C18H20ClN3OS/c19-16-3-1-2-4-17(16)21-18(24)20-13-14-5-7-15(8-6-14)22-9-11-23-12-10-22/h1-8H,9-13H2,(H2,20,21,24). The first-order chi connectivity index (χ1) is 11.7. The van der Waals surface area contributed by atoms with Gasteiger partial charge in [-0.2, -0.15) is 0 Å². The van der Waals surface area contributed by atoms with Crippen molar-refractivity contribution in [3.05, 3.63) is 59.1 Å². The Balaban J connectivity index is 1.51. The molecule has 0 bridgehead atoms. The molecule has 0 saturated carbocycles. The summed E-state index contributed by atoms with van der Waals surface area (Å²) in [6.45, 7) is 4.16. The molecule has 126 valence electrons. The van der Waals surface area contributed by atoms with Crippen molar-refractivity contribution in [3.63, 3.8) is 0 Å². The molecule has 0 unspecified atom stereocenters. The van der Waals surface area contributed by atoms with Crippen LogP contribution in [0.15, 0.2) is 48.5 Å². The van der Waals surface area contributed by atoms with Crippen molar-refractivity contribution < 1.29 is 4.74 Å². The molecule has 0 aromatic heterocycles. The average Bonchev–Trinajstić information content (AvgIpc) is 2.63. The van der Waals surface area contributed by atoms with Crippen LogP contribution in [0.2, 0.25) is 5.02 Å². The van der Waals surface area contributed by atoms with Crippen molar-refractivity contribution in [1.82, 2.24) is 5.32 Å². The van der Waals surface area contributed by atoms with Crippen molar-refractivity contribution >= 4 is 40.3 Å². The van der Waals surface area contributed by atoms with Crippen LogP contribution in [0.4, 0.5) is 11.4 Å². The first kappa shape index (κ1) is 17.0. The molecular weight excluding hydrogens is 342 g/mol. The van der Waals surface area contributed by atoms with Gasteiger partial charge in [-0.1, -0.05) is 35.9 Å². The van der Waals surface area contributed by atoms with Crippen LogP contribution in [0.5, 0.6) is 0 Å². The van der Waals surface area contributed by atoms with Gasteiger partial charge in [-0.25, -0.2) is 0 Å². The average molecular weight is 362 g/mol. The van der Waals surface area contributed by atoms with Gasteiger partial charge in [-0.3, -0.25) is 0 Å². The van der Waals surface area contributed by atoms with E-state index in [1.54, 1.807) is 0 Å². The zero-order valence-corrected chi connectivity index (χ0v) is 14.9. The Morgan fingerprint density at radius 2 is 1.79 bits per heavy atom. The molecule has 3 rings (SSSR count). The number of hydrogen-bond acceptors (Lipinski definition) is 3. The van der Waals surface area contributed by atoms with Gasteiger partial charge in [0.2, 0.25) is 0 Å². The van der Waals surface area contributed by atoms with Gasteiger partial charge >= 0.3 is 0 Å². The molecule has 6 heteroatoms. The second-order valence-corrected chi connectivity index (χ2v) is 6.37. The van der Waals surface area contributed by atoms with Crippen LogP contribution < -0.4 is 15.5 Å². The molecule has 2 aromatic carbocycles. The Morgan fingerprint density at radius 1 is 1.08 bits per heavy atom. The minimum absolute atomic E-state index is 0.556. The highest BCUT2D eigenvalue weighted by Gasteiger charge is 2.10. The normalized spacial score (nSPS) is 14.3. The van der Waals surface area contributed by atoms with E-state index in [0.717, 1.165) is 32.0 Å². The molecule has 1 saturated heterocycles. The third-order valence-electron chi connectivity index (χ3n) is 3.89. The maximum absolute atomic E-state index is 6.11. The summed E-state index contributed by atoms with van der Waals surface area (Å²) in [6.07, 6.45) is 0. The fourth-order valence-electron chi connectivity index (χ4n) is 2.56. The predicted molar refractivity (Wildman–Crippen MR) is 104 cm³/mol. The fraction of sp³-hybridized carbons (Fsp3) is 0.278. The number of ether oxygens (including phenoxy) is 1. The number of nitrogens with zero attached hydrogens (tertiary/aromatic N) is 1. The van der Waals surface area contributed by atoms with Crippen LogP contribution in [0.1, 0.15) is 5.56 Å². The monoisotopic (exact) mass is 361 g/mol. The number of benzene rings is 2. The van der Waals surface area contributed by atoms with Crippen LogP contribution >= 0.6 is 23.8 Å². The highest BCUT2D eigenvalue weighted by molar-refractivity contribution is 7.80. The topological polar surface area (TPSA) is 36.5 Å². The smallest absolute Gasteiger partial charge is 0.171 e. The first-order valence-electron chi connectivity index (χ1n) is 7.93. The van der Waals surface area contributed by atoms with E-state index >= 15 is 0 Å². The molecule has 24 heavy (non-hydrogen) atoms. The van der Waals surface area contributed by atoms with Crippen molar-refractivity contribution in [3.8, 4) is 0 Å². The van der Waals surface area contributed by atoms with Crippen LogP contribution in [0, 0.1) is 0 Å². The number of hydrogen-bond donors (Lipinski definition) is 2. The van der Waals surface area contributed by atoms with Gasteiger partial charge in [0, 0.05) is 25.3 Å². The summed E-state index contributed by atoms with van der Waals surface area (Å²) in [6, 6.07) is 16.1. The van der Waals surface area contributed by atoms with E-state index in [1.807, 2.05) is 24.3 Å². The van der Waals surface area contributed by atoms with Gasteiger partial charge in [0.15, 0.2) is 5.11 Å². The SMILES string of the molecule is S=C(NCc1ccc(N2CCOCC2)cc1)Nc1ccccc1Cl. The van der Waals surface area contributed by atoms with E-state index in [2.05, 4.69) is 39.8 Å². The highest BCUT2D eigenvalue weighted by Crippen LogP contribution is 2.20. The van der Waals surface area contributed by atoms with E-state index in [4.69, 9.17) is 28.6 Å². The number of thiocarbonyl (C=S) groups is 1. The van der Waals surface area contributed by atoms with Gasteiger partial charge in [-0.15, -0.1) is 0 Å². The molecule has 1 fully saturated rings. The summed E-state index contributed by atoms with van der Waals surface area (Å²) in [4.78, 5) is 2.34. The lowest BCUT2D eigenvalue weighted by Gasteiger charge is -2.28. The lowest BCUT2D eigenvalue weighted by Crippen LogP contribution is -2.36. The number of halogens is 1. The molecule has 2 N–H and O–H groups in total. The number of anilines is 2. The molecule has 1 aliphatic rings. The van der Waals surface area contributed by atoms with Gasteiger partial charge in [0.05, 0.1) is 23.9 Å². The third-order valence-corrected chi connectivity index (χ3v) is 4.46. The zero-order valence-electron chi connectivity index (χ0n) is 13.3. The van der Waals surface area contributed by atoms with Crippen LogP contribution in [0.25, 0.3) is 0 Å². The van der Waals surface area contributed by atoms with Gasteiger partial charge in [0.25, 0.3) is 0 Å². The lowest BCUT2D eigenvalue weighted by atomic mass is 10.2. The van der Waals surface area contributed by atoms with E-state index in [9.17, 15) is 0 Å². The van der Waals surface area contributed by atoms with E-state index in [0.29, 0.717) is 16.7 Å². The number of para-hydroxylation sites is 1. The van der Waals surface area contributed by atoms with Gasteiger partial charge in [-0.05, 0) is 42.0 Å². The summed E-state index contributed by atoms with van der Waals surface area (Å²) in [5.41, 5.74) is 3.22. The lowest BCUT2D eigenvalue weighted by molar-refractivity contribution is 0.122. The molecular formula is C18H20ClN3OS. The summed E-state index contributed by atoms with van der Waals surface area (Å²) in [5, 5.41) is 7.52. The molecule has 1 heterocycles. The molecule has 0 radical (unpaired) electrons. The largest absolute Gasteiger partial charge is 0.378 e. The number of nitrogens with one attached hydrogen (secondary N) is 2. The Bertz CT molecular complexity index is 687. The molecule has 0 atom stereocenters. The van der Waals surface area contributed by atoms with Crippen molar-refractivity contribution in [1.29, 1.82) is 0 Å². The maximum atomic E-state index is 6.11. The van der Waals surface area contributed by atoms with Crippen LogP contribution in [-0.4, -0.2) is 31.4 Å². The molecule has 0 amide bonds. The van der Waals surface area contributed by atoms with E-state index in [-0.39, 0.29) is 0 Å². The van der Waals surface area contributed by atoms with Crippen LogP contribution in [0.3, 0.4) is 0 Å². The molecule has 2 aromatic rings. The summed E-state index contributed by atoms with van der Waals surface area (Å²) < 4.78 is 5.38. The Kier molecular flexibility index (Phi) is 5.91. The minimum Gasteiger partial charge on any atom is -0.378 e. The summed E-state index contributed by atoms with van der Waals surface area (Å²) in [7, 11) is 0. The zero-order chi connectivity index (χ0) is 16.8. The van der Waals surface area contributed by atoms with Gasteiger partial charge < -0.3 is 20.3 Å². The predicted octanol–water partition coefficient (Wildman–Crippen LogP) is 3.66. The number of rotatable bonds is 4. The van der Waals surface area contributed by atoms with Crippen LogP contribution in [-0.2, 0) is 11.3 Å². The summed E-state index contributed by atoms with van der Waals surface area (Å²) >= 11 is 11.4. The number of morpholine rings is 1.